The van der Waals surface area contributed by atoms with Crippen LogP contribution in [0.3, 0.4) is 0 Å². The third-order valence-electron chi connectivity index (χ3n) is 3.90. The van der Waals surface area contributed by atoms with E-state index in [9.17, 15) is 19.2 Å². The molecule has 0 unspecified atom stereocenters. The number of hydrogen-bond acceptors (Lipinski definition) is 5. The van der Waals surface area contributed by atoms with Gasteiger partial charge in [-0.2, -0.15) is 0 Å². The predicted octanol–water partition coefficient (Wildman–Crippen LogP) is 1.41. The molecule has 1 heterocycles. The number of nitrogens with one attached hydrogen (secondary N) is 2. The minimum absolute atomic E-state index is 0.117. The summed E-state index contributed by atoms with van der Waals surface area (Å²) >= 11 is 5.87. The van der Waals surface area contributed by atoms with Gasteiger partial charge < -0.3 is 4.74 Å². The molecule has 1 aliphatic rings. The SMILES string of the molecule is COc1ccc(Cl)cc1C(=O)NNC(=O)CN1C(=O)c2ccccc2C1=O. The van der Waals surface area contributed by atoms with Crippen molar-refractivity contribution in [1.29, 1.82) is 0 Å². The molecule has 0 bridgehead atoms. The summed E-state index contributed by atoms with van der Waals surface area (Å²) in [4.78, 5) is 49.6. The lowest BCUT2D eigenvalue weighted by Gasteiger charge is -2.14. The van der Waals surface area contributed by atoms with Crippen LogP contribution in [0.15, 0.2) is 42.5 Å². The van der Waals surface area contributed by atoms with E-state index in [1.54, 1.807) is 18.2 Å². The van der Waals surface area contributed by atoms with E-state index in [0.29, 0.717) is 5.02 Å². The Morgan fingerprint density at radius 2 is 1.67 bits per heavy atom. The summed E-state index contributed by atoms with van der Waals surface area (Å²) in [6.45, 7) is -0.528. The molecule has 2 N–H and O–H groups in total. The largest absolute Gasteiger partial charge is 0.496 e. The zero-order chi connectivity index (χ0) is 19.6. The summed E-state index contributed by atoms with van der Waals surface area (Å²) < 4.78 is 5.07. The molecule has 0 spiro atoms. The standard InChI is InChI=1S/C18H14ClN3O5/c1-27-14-7-6-10(19)8-13(14)16(24)21-20-15(23)9-22-17(25)11-4-2-3-5-12(11)18(22)26/h2-8H,9H2,1H3,(H,20,23)(H,21,24). The lowest BCUT2D eigenvalue weighted by atomic mass is 10.1. The molecule has 0 atom stereocenters. The van der Waals surface area contributed by atoms with Gasteiger partial charge in [-0.15, -0.1) is 0 Å². The van der Waals surface area contributed by atoms with E-state index in [1.165, 1.54) is 31.4 Å². The number of benzene rings is 2. The van der Waals surface area contributed by atoms with Gasteiger partial charge in [-0.05, 0) is 30.3 Å². The van der Waals surface area contributed by atoms with Gasteiger partial charge in [-0.1, -0.05) is 23.7 Å². The Bertz CT molecular complexity index is 925. The van der Waals surface area contributed by atoms with E-state index in [-0.39, 0.29) is 22.4 Å². The molecule has 4 amide bonds. The van der Waals surface area contributed by atoms with Crippen molar-refractivity contribution >= 4 is 35.2 Å². The highest BCUT2D eigenvalue weighted by atomic mass is 35.5. The van der Waals surface area contributed by atoms with Crippen LogP contribution in [0.4, 0.5) is 0 Å². The lowest BCUT2D eigenvalue weighted by Crippen LogP contribution is -2.47. The second kappa shape index (κ2) is 7.46. The monoisotopic (exact) mass is 387 g/mol. The molecule has 2 aromatic carbocycles. The van der Waals surface area contributed by atoms with E-state index in [2.05, 4.69) is 10.9 Å². The number of nitrogens with zero attached hydrogens (tertiary/aromatic N) is 1. The molecular weight excluding hydrogens is 374 g/mol. The highest BCUT2D eigenvalue weighted by molar-refractivity contribution is 6.31. The van der Waals surface area contributed by atoms with Crippen LogP contribution in [0.1, 0.15) is 31.1 Å². The van der Waals surface area contributed by atoms with Crippen LogP contribution in [-0.4, -0.2) is 42.2 Å². The lowest BCUT2D eigenvalue weighted by molar-refractivity contribution is -0.122. The van der Waals surface area contributed by atoms with Crippen molar-refractivity contribution in [3.63, 3.8) is 0 Å². The molecule has 27 heavy (non-hydrogen) atoms. The fraction of sp³-hybridized carbons (Fsp3) is 0.111. The third-order valence-corrected chi connectivity index (χ3v) is 4.14. The first-order valence-corrected chi connectivity index (χ1v) is 8.18. The van der Waals surface area contributed by atoms with Crippen molar-refractivity contribution in [2.75, 3.05) is 13.7 Å². The highest BCUT2D eigenvalue weighted by Gasteiger charge is 2.36. The molecule has 0 aromatic heterocycles. The van der Waals surface area contributed by atoms with Gasteiger partial charge in [0.25, 0.3) is 23.6 Å². The number of methoxy groups -OCH3 is 1. The summed E-state index contributed by atoms with van der Waals surface area (Å²) in [6, 6.07) is 10.7. The fourth-order valence-electron chi connectivity index (χ4n) is 2.62. The summed E-state index contributed by atoms with van der Waals surface area (Å²) in [7, 11) is 1.39. The number of rotatable bonds is 4. The number of carbonyl (C=O) groups excluding carboxylic acids is 4. The second-order valence-corrected chi connectivity index (χ2v) is 6.03. The van der Waals surface area contributed by atoms with E-state index < -0.39 is 30.2 Å². The first-order chi connectivity index (χ1) is 12.9. The minimum atomic E-state index is -0.737. The summed E-state index contributed by atoms with van der Waals surface area (Å²) in [6.07, 6.45) is 0. The molecule has 2 aromatic rings. The quantitative estimate of drug-likeness (QED) is 0.609. The Morgan fingerprint density at radius 3 is 2.26 bits per heavy atom. The van der Waals surface area contributed by atoms with Crippen molar-refractivity contribution in [1.82, 2.24) is 15.8 Å². The van der Waals surface area contributed by atoms with Gasteiger partial charge in [0.2, 0.25) is 0 Å². The second-order valence-electron chi connectivity index (χ2n) is 5.59. The Morgan fingerprint density at radius 1 is 1.04 bits per heavy atom. The van der Waals surface area contributed by atoms with Crippen LogP contribution in [0.25, 0.3) is 0 Å². The third kappa shape index (κ3) is 3.61. The van der Waals surface area contributed by atoms with Gasteiger partial charge in [0.15, 0.2) is 0 Å². The normalized spacial score (nSPS) is 12.6. The average molecular weight is 388 g/mol. The first kappa shape index (κ1) is 18.4. The van der Waals surface area contributed by atoms with Crippen LogP contribution >= 0.6 is 11.6 Å². The van der Waals surface area contributed by atoms with Crippen molar-refractivity contribution in [2.24, 2.45) is 0 Å². The minimum Gasteiger partial charge on any atom is -0.496 e. The van der Waals surface area contributed by atoms with E-state index in [1.807, 2.05) is 0 Å². The van der Waals surface area contributed by atoms with Gasteiger partial charge in [-0.3, -0.25) is 34.9 Å². The number of fused-ring (bicyclic) bond motifs is 1. The van der Waals surface area contributed by atoms with Crippen molar-refractivity contribution in [3.8, 4) is 5.75 Å². The molecule has 0 saturated heterocycles. The Hall–Kier alpha value is -3.39. The zero-order valence-corrected chi connectivity index (χ0v) is 14.9. The maximum absolute atomic E-state index is 12.2. The number of halogens is 1. The summed E-state index contributed by atoms with van der Waals surface area (Å²) in [5.41, 5.74) is 4.96. The fourth-order valence-corrected chi connectivity index (χ4v) is 2.79. The molecule has 3 rings (SSSR count). The average Bonchev–Trinajstić information content (AvgIpc) is 2.91. The zero-order valence-electron chi connectivity index (χ0n) is 14.1. The Kier molecular flexibility index (Phi) is 5.09. The van der Waals surface area contributed by atoms with Crippen LogP contribution in [0.5, 0.6) is 5.75 Å². The van der Waals surface area contributed by atoms with Crippen LogP contribution < -0.4 is 15.6 Å². The number of carbonyl (C=O) groups is 4. The maximum atomic E-state index is 12.2. The van der Waals surface area contributed by atoms with Crippen LogP contribution in [-0.2, 0) is 4.79 Å². The number of hydrazine groups is 1. The molecule has 0 radical (unpaired) electrons. The highest BCUT2D eigenvalue weighted by Crippen LogP contribution is 2.23. The van der Waals surface area contributed by atoms with E-state index in [0.717, 1.165) is 4.90 Å². The molecular formula is C18H14ClN3O5. The maximum Gasteiger partial charge on any atom is 0.273 e. The number of ether oxygens (including phenoxy) is 1. The molecule has 8 nitrogen and oxygen atoms in total. The molecule has 0 saturated carbocycles. The molecule has 138 valence electrons. The predicted molar refractivity (Wildman–Crippen MR) is 95.4 cm³/mol. The van der Waals surface area contributed by atoms with Gasteiger partial charge in [0, 0.05) is 5.02 Å². The topological polar surface area (TPSA) is 105 Å². The van der Waals surface area contributed by atoms with Gasteiger partial charge >= 0.3 is 0 Å². The van der Waals surface area contributed by atoms with Gasteiger partial charge in [-0.25, -0.2) is 0 Å². The smallest absolute Gasteiger partial charge is 0.273 e. The molecule has 0 fully saturated rings. The van der Waals surface area contributed by atoms with Gasteiger partial charge in [0.1, 0.15) is 12.3 Å². The first-order valence-electron chi connectivity index (χ1n) is 7.80. The number of amides is 4. The van der Waals surface area contributed by atoms with Crippen LogP contribution in [0.2, 0.25) is 5.02 Å². The summed E-state index contributed by atoms with van der Waals surface area (Å²) in [5.74, 6) is -2.25. The Labute approximate surface area is 159 Å². The van der Waals surface area contributed by atoms with E-state index >= 15 is 0 Å². The van der Waals surface area contributed by atoms with Crippen molar-refractivity contribution in [2.45, 2.75) is 0 Å². The molecule has 9 heteroatoms. The Balaban J connectivity index is 1.63. The van der Waals surface area contributed by atoms with Crippen molar-refractivity contribution < 1.29 is 23.9 Å². The van der Waals surface area contributed by atoms with Crippen molar-refractivity contribution in [3.05, 3.63) is 64.2 Å². The number of imide groups is 1. The van der Waals surface area contributed by atoms with Crippen LogP contribution in [0, 0.1) is 0 Å². The molecule has 0 aliphatic carbocycles. The van der Waals surface area contributed by atoms with E-state index in [4.69, 9.17) is 16.3 Å². The molecule has 1 aliphatic heterocycles. The van der Waals surface area contributed by atoms with Gasteiger partial charge in [0.05, 0.1) is 23.8 Å². The summed E-state index contributed by atoms with van der Waals surface area (Å²) in [5, 5.41) is 0.318. The number of hydrogen-bond donors (Lipinski definition) is 2.